The van der Waals surface area contributed by atoms with Gasteiger partial charge in [-0.25, -0.2) is 18.7 Å². The van der Waals surface area contributed by atoms with Crippen molar-refractivity contribution in [3.63, 3.8) is 0 Å². The highest BCUT2D eigenvalue weighted by Crippen LogP contribution is 2.32. The minimum absolute atomic E-state index is 0.0472. The van der Waals surface area contributed by atoms with Gasteiger partial charge in [0.25, 0.3) is 5.91 Å². The number of carbonyl (C=O) groups excluding carboxylic acids is 1. The van der Waals surface area contributed by atoms with Gasteiger partial charge in [-0.2, -0.15) is 0 Å². The number of rotatable bonds is 3. The minimum atomic E-state index is -1.03. The average Bonchev–Trinajstić information content (AvgIpc) is 3.47. The molecule has 4 heterocycles. The second kappa shape index (κ2) is 6.80. The van der Waals surface area contributed by atoms with Crippen molar-refractivity contribution in [3.8, 4) is 11.4 Å². The third-order valence-corrected chi connectivity index (χ3v) is 5.21. The molecule has 1 aliphatic heterocycles. The lowest BCUT2D eigenvalue weighted by Crippen LogP contribution is -2.29. The summed E-state index contributed by atoms with van der Waals surface area (Å²) in [5.41, 5.74) is 2.45. The monoisotopic (exact) mass is 394 g/mol. The summed E-state index contributed by atoms with van der Waals surface area (Å²) in [6, 6.07) is 8.72. The molecule has 1 saturated heterocycles. The van der Waals surface area contributed by atoms with Gasteiger partial charge in [-0.15, -0.1) is 0 Å². The number of imidazole rings is 1. The van der Waals surface area contributed by atoms with Crippen LogP contribution in [0.2, 0.25) is 0 Å². The van der Waals surface area contributed by atoms with E-state index in [1.54, 1.807) is 23.6 Å². The van der Waals surface area contributed by atoms with Crippen molar-refractivity contribution in [3.05, 3.63) is 72.3 Å². The van der Waals surface area contributed by atoms with Crippen LogP contribution in [0.3, 0.4) is 0 Å². The Labute approximate surface area is 164 Å². The molecular formula is C21H16F2N4O2. The molecule has 0 unspecified atom stereocenters. The van der Waals surface area contributed by atoms with Gasteiger partial charge in [-0.05, 0) is 42.8 Å². The minimum Gasteiger partial charge on any atom is -0.472 e. The summed E-state index contributed by atoms with van der Waals surface area (Å²) in [7, 11) is 0. The first kappa shape index (κ1) is 17.5. The molecule has 29 heavy (non-hydrogen) atoms. The third kappa shape index (κ3) is 2.97. The number of benzene rings is 1. The molecule has 6 nitrogen and oxygen atoms in total. The van der Waals surface area contributed by atoms with E-state index >= 15 is 0 Å². The fraction of sp³-hybridized carbons (Fsp3) is 0.190. The molecule has 0 saturated carbocycles. The van der Waals surface area contributed by atoms with Crippen molar-refractivity contribution in [2.45, 2.75) is 12.5 Å². The van der Waals surface area contributed by atoms with Crippen LogP contribution in [0.5, 0.6) is 0 Å². The SMILES string of the molecule is O=C(c1ccc(F)c(F)c1)N1CC[C@@H](n2c(-c3ccoc3)nc3cccnc32)C1. The molecule has 1 fully saturated rings. The molecule has 4 aromatic rings. The van der Waals surface area contributed by atoms with E-state index in [9.17, 15) is 13.6 Å². The molecule has 5 rings (SSSR count). The van der Waals surface area contributed by atoms with Gasteiger partial charge < -0.3 is 13.9 Å². The Bertz CT molecular complexity index is 1200. The van der Waals surface area contributed by atoms with Crippen LogP contribution in [-0.4, -0.2) is 38.4 Å². The number of carbonyl (C=O) groups is 1. The molecule has 0 N–H and O–H groups in total. The number of likely N-dealkylation sites (tertiary alicyclic amines) is 1. The first-order chi connectivity index (χ1) is 14.1. The van der Waals surface area contributed by atoms with Gasteiger partial charge in [-0.3, -0.25) is 4.79 Å². The Balaban J connectivity index is 1.48. The van der Waals surface area contributed by atoms with Crippen molar-refractivity contribution in [1.29, 1.82) is 0 Å². The molecule has 1 amide bonds. The molecule has 146 valence electrons. The first-order valence-electron chi connectivity index (χ1n) is 9.21. The lowest BCUT2D eigenvalue weighted by Gasteiger charge is -2.18. The topological polar surface area (TPSA) is 64.2 Å². The van der Waals surface area contributed by atoms with Gasteiger partial charge in [0, 0.05) is 24.8 Å². The Morgan fingerprint density at radius 3 is 2.86 bits per heavy atom. The van der Waals surface area contributed by atoms with Crippen LogP contribution in [0.25, 0.3) is 22.6 Å². The standard InChI is InChI=1S/C21H16F2N4O2/c22-16-4-3-13(10-17(16)23)21(28)26-8-5-15(11-26)27-19(14-6-9-29-12-14)25-18-2-1-7-24-20(18)27/h1-4,6-7,9-10,12,15H,5,8,11H2/t15-/m1/s1. The molecule has 3 aromatic heterocycles. The average molecular weight is 394 g/mol. The number of aromatic nitrogens is 3. The quantitative estimate of drug-likeness (QED) is 0.526. The second-order valence-electron chi connectivity index (χ2n) is 6.99. The van der Waals surface area contributed by atoms with E-state index in [2.05, 4.69) is 4.98 Å². The van der Waals surface area contributed by atoms with Gasteiger partial charge in [0.2, 0.25) is 0 Å². The Kier molecular flexibility index (Phi) is 4.12. The lowest BCUT2D eigenvalue weighted by atomic mass is 10.2. The van der Waals surface area contributed by atoms with Gasteiger partial charge in [0.1, 0.15) is 17.6 Å². The number of hydrogen-bond donors (Lipinski definition) is 0. The summed E-state index contributed by atoms with van der Waals surface area (Å²) >= 11 is 0. The van der Waals surface area contributed by atoms with Gasteiger partial charge in [0.05, 0.1) is 17.9 Å². The highest BCUT2D eigenvalue weighted by Gasteiger charge is 2.31. The van der Waals surface area contributed by atoms with E-state index in [4.69, 9.17) is 9.40 Å². The highest BCUT2D eigenvalue weighted by molar-refractivity contribution is 5.94. The van der Waals surface area contributed by atoms with Gasteiger partial charge >= 0.3 is 0 Å². The maximum atomic E-state index is 13.5. The van der Waals surface area contributed by atoms with E-state index < -0.39 is 11.6 Å². The molecule has 1 aromatic carbocycles. The van der Waals surface area contributed by atoms with E-state index in [1.165, 1.54) is 6.07 Å². The fourth-order valence-corrected chi connectivity index (χ4v) is 3.82. The maximum Gasteiger partial charge on any atom is 0.254 e. The Morgan fingerprint density at radius 2 is 2.07 bits per heavy atom. The van der Waals surface area contributed by atoms with E-state index in [-0.39, 0.29) is 17.5 Å². The number of fused-ring (bicyclic) bond motifs is 1. The predicted molar refractivity (Wildman–Crippen MR) is 101 cm³/mol. The summed E-state index contributed by atoms with van der Waals surface area (Å²) < 4.78 is 34.0. The van der Waals surface area contributed by atoms with E-state index in [1.807, 2.05) is 22.8 Å². The highest BCUT2D eigenvalue weighted by atomic mass is 19.2. The molecule has 0 radical (unpaired) electrons. The molecule has 0 spiro atoms. The smallest absolute Gasteiger partial charge is 0.254 e. The summed E-state index contributed by atoms with van der Waals surface area (Å²) in [5.74, 6) is -1.60. The van der Waals surface area contributed by atoms with E-state index in [0.29, 0.717) is 19.5 Å². The number of furan rings is 1. The Hall–Kier alpha value is -3.55. The largest absolute Gasteiger partial charge is 0.472 e. The third-order valence-electron chi connectivity index (χ3n) is 5.21. The van der Waals surface area contributed by atoms with Crippen LogP contribution in [-0.2, 0) is 0 Å². The second-order valence-corrected chi connectivity index (χ2v) is 6.99. The normalized spacial score (nSPS) is 16.6. The van der Waals surface area contributed by atoms with Gasteiger partial charge in [0.15, 0.2) is 17.3 Å². The van der Waals surface area contributed by atoms with Crippen LogP contribution in [0.1, 0.15) is 22.8 Å². The zero-order valence-electron chi connectivity index (χ0n) is 15.3. The van der Waals surface area contributed by atoms with Crippen molar-refractivity contribution in [2.75, 3.05) is 13.1 Å². The van der Waals surface area contributed by atoms with Crippen molar-refractivity contribution < 1.29 is 18.0 Å². The number of nitrogens with zero attached hydrogens (tertiary/aromatic N) is 4. The van der Waals surface area contributed by atoms with Crippen molar-refractivity contribution in [2.24, 2.45) is 0 Å². The zero-order chi connectivity index (χ0) is 20.0. The number of halogens is 2. The maximum absolute atomic E-state index is 13.5. The van der Waals surface area contributed by atoms with Crippen LogP contribution < -0.4 is 0 Å². The van der Waals surface area contributed by atoms with Crippen LogP contribution in [0.15, 0.2) is 59.5 Å². The van der Waals surface area contributed by atoms with Crippen LogP contribution in [0, 0.1) is 11.6 Å². The molecule has 0 aliphatic carbocycles. The lowest BCUT2D eigenvalue weighted by molar-refractivity contribution is 0.0787. The zero-order valence-corrected chi connectivity index (χ0v) is 15.3. The van der Waals surface area contributed by atoms with Crippen molar-refractivity contribution >= 4 is 17.1 Å². The molecule has 1 atom stereocenters. The van der Waals surface area contributed by atoms with Crippen molar-refractivity contribution in [1.82, 2.24) is 19.4 Å². The van der Waals surface area contributed by atoms with Crippen LogP contribution in [0.4, 0.5) is 8.78 Å². The Morgan fingerprint density at radius 1 is 1.17 bits per heavy atom. The van der Waals surface area contributed by atoms with Crippen LogP contribution >= 0.6 is 0 Å². The van der Waals surface area contributed by atoms with E-state index in [0.717, 1.165) is 34.7 Å². The fourth-order valence-electron chi connectivity index (χ4n) is 3.82. The number of hydrogen-bond acceptors (Lipinski definition) is 4. The molecule has 8 heteroatoms. The summed E-state index contributed by atoms with van der Waals surface area (Å²) in [4.78, 5) is 23.6. The molecule has 0 bridgehead atoms. The summed E-state index contributed by atoms with van der Waals surface area (Å²) in [6.07, 6.45) is 5.61. The predicted octanol–water partition coefficient (Wildman–Crippen LogP) is 4.06. The number of pyridine rings is 1. The summed E-state index contributed by atoms with van der Waals surface area (Å²) in [5, 5.41) is 0. The number of amides is 1. The van der Waals surface area contributed by atoms with Gasteiger partial charge in [-0.1, -0.05) is 0 Å². The molecule has 1 aliphatic rings. The first-order valence-corrected chi connectivity index (χ1v) is 9.21. The molecular weight excluding hydrogens is 378 g/mol. The summed E-state index contributed by atoms with van der Waals surface area (Å²) in [6.45, 7) is 0.921.